The molecule has 0 saturated carbocycles. The Balaban J connectivity index is 1.57. The number of halogens is 1. The van der Waals surface area contributed by atoms with Gasteiger partial charge in [0.1, 0.15) is 34.1 Å². The average Bonchev–Trinajstić information content (AvgIpc) is 3.22. The molecule has 36 heavy (non-hydrogen) atoms. The van der Waals surface area contributed by atoms with Crippen LogP contribution in [0.15, 0.2) is 35.2 Å². The normalized spacial score (nSPS) is 17.6. The molecule has 3 heterocycles. The van der Waals surface area contributed by atoms with Crippen LogP contribution in [0.3, 0.4) is 0 Å². The van der Waals surface area contributed by atoms with Gasteiger partial charge in [-0.25, -0.2) is 14.8 Å². The fourth-order valence-corrected chi connectivity index (χ4v) is 5.03. The predicted molar refractivity (Wildman–Crippen MR) is 135 cm³/mol. The van der Waals surface area contributed by atoms with Crippen molar-refractivity contribution >= 4 is 39.3 Å². The third-order valence-electron chi connectivity index (χ3n) is 6.28. The highest BCUT2D eigenvalue weighted by molar-refractivity contribution is 9.10. The molecule has 11 nitrogen and oxygen atoms in total. The summed E-state index contributed by atoms with van der Waals surface area (Å²) in [6.45, 7) is 2.07. The molecule has 1 amide bonds. The van der Waals surface area contributed by atoms with Crippen molar-refractivity contribution in [3.8, 4) is 11.5 Å². The van der Waals surface area contributed by atoms with Crippen molar-refractivity contribution in [3.05, 3.63) is 46.6 Å². The van der Waals surface area contributed by atoms with Crippen molar-refractivity contribution in [2.75, 3.05) is 32.7 Å². The van der Waals surface area contributed by atoms with Crippen LogP contribution in [-0.2, 0) is 16.1 Å². The fourth-order valence-electron chi connectivity index (χ4n) is 4.47. The van der Waals surface area contributed by atoms with Crippen molar-refractivity contribution in [1.82, 2.24) is 19.3 Å². The molecule has 0 radical (unpaired) electrons. The summed E-state index contributed by atoms with van der Waals surface area (Å²) in [5.74, 6) is 2.20. The van der Waals surface area contributed by atoms with E-state index in [9.17, 15) is 14.7 Å². The summed E-state index contributed by atoms with van der Waals surface area (Å²) in [5, 5.41) is 13.1. The highest BCUT2D eigenvalue weighted by Crippen LogP contribution is 2.34. The molecule has 2 unspecified atom stereocenters. The van der Waals surface area contributed by atoms with Crippen molar-refractivity contribution in [2.24, 2.45) is 0 Å². The number of carbonyl (C=O) groups excluding carboxylic acids is 1. The number of carbonyl (C=O) groups is 2. The lowest BCUT2D eigenvalue weighted by molar-refractivity contribution is -0.143. The zero-order valence-corrected chi connectivity index (χ0v) is 21.8. The molecule has 3 aromatic rings. The van der Waals surface area contributed by atoms with Crippen LogP contribution in [-0.4, -0.2) is 69.9 Å². The number of aromatic nitrogens is 3. The Kier molecular flexibility index (Phi) is 7.82. The number of amides is 1. The molecule has 1 aromatic carbocycles. The summed E-state index contributed by atoms with van der Waals surface area (Å²) in [6.07, 6.45) is 3.71. The second-order valence-electron chi connectivity index (χ2n) is 8.45. The first-order valence-electron chi connectivity index (χ1n) is 11.4. The molecule has 2 N–H and O–H groups in total. The minimum absolute atomic E-state index is 0.0488. The third-order valence-corrected chi connectivity index (χ3v) is 6.83. The molecule has 0 bridgehead atoms. The number of likely N-dealkylation sites (tertiary alicyclic amines) is 1. The number of esters is 1. The van der Waals surface area contributed by atoms with Crippen LogP contribution in [0.2, 0.25) is 0 Å². The van der Waals surface area contributed by atoms with Gasteiger partial charge in [-0.05, 0) is 40.9 Å². The van der Waals surface area contributed by atoms with E-state index in [2.05, 4.69) is 26.2 Å². The average molecular weight is 562 g/mol. The number of anilines is 1. The molecular weight excluding hydrogens is 534 g/mol. The highest BCUT2D eigenvalue weighted by atomic mass is 79.9. The SMILES string of the molecule is COc1ccc(CNc2nccn3c(C4CCC(COC(C)=O)N(C(=O)O)C4)nc(Br)c23)c(OC)c1. The van der Waals surface area contributed by atoms with E-state index in [-0.39, 0.29) is 25.1 Å². The first-order valence-corrected chi connectivity index (χ1v) is 12.2. The molecule has 2 aromatic heterocycles. The van der Waals surface area contributed by atoms with Gasteiger partial charge < -0.3 is 29.5 Å². The third kappa shape index (κ3) is 5.32. The molecular formula is C24H28BrN5O6. The lowest BCUT2D eigenvalue weighted by Gasteiger charge is -2.37. The number of fused-ring (bicyclic) bond motifs is 1. The standard InChI is InChI=1S/C24H28BrN5O6/c1-14(31)36-13-17-6-4-16(12-30(17)24(32)33)23-28-21(25)20-22(26-8-9-29(20)23)27-11-15-5-7-18(34-2)10-19(15)35-3/h5,7-10,16-17H,4,6,11-13H2,1-3H3,(H,26,27)(H,32,33). The number of methoxy groups -OCH3 is 2. The Morgan fingerprint density at radius 1 is 1.25 bits per heavy atom. The zero-order chi connectivity index (χ0) is 25.8. The lowest BCUT2D eigenvalue weighted by atomic mass is 9.92. The Labute approximate surface area is 216 Å². The predicted octanol–water partition coefficient (Wildman–Crippen LogP) is 3.91. The van der Waals surface area contributed by atoms with Crippen molar-refractivity contribution < 1.29 is 28.9 Å². The molecule has 1 saturated heterocycles. The molecule has 192 valence electrons. The van der Waals surface area contributed by atoms with Gasteiger partial charge in [-0.1, -0.05) is 0 Å². The van der Waals surface area contributed by atoms with E-state index in [4.69, 9.17) is 19.2 Å². The minimum Gasteiger partial charge on any atom is -0.497 e. The summed E-state index contributed by atoms with van der Waals surface area (Å²) in [5.41, 5.74) is 1.69. The maximum absolute atomic E-state index is 11.9. The number of benzene rings is 1. The molecule has 1 aliphatic heterocycles. The Morgan fingerprint density at radius 3 is 2.75 bits per heavy atom. The van der Waals surface area contributed by atoms with Gasteiger partial charge in [0.25, 0.3) is 0 Å². The summed E-state index contributed by atoms with van der Waals surface area (Å²) in [7, 11) is 3.21. The van der Waals surface area contributed by atoms with Gasteiger partial charge in [0, 0.05) is 50.0 Å². The molecule has 2 atom stereocenters. The van der Waals surface area contributed by atoms with Gasteiger partial charge >= 0.3 is 12.1 Å². The first-order chi connectivity index (χ1) is 17.3. The number of hydrogen-bond acceptors (Lipinski definition) is 8. The van der Waals surface area contributed by atoms with Crippen LogP contribution in [0.1, 0.15) is 37.1 Å². The van der Waals surface area contributed by atoms with E-state index in [0.29, 0.717) is 41.3 Å². The van der Waals surface area contributed by atoms with Crippen LogP contribution in [0.5, 0.6) is 11.5 Å². The number of hydrogen-bond donors (Lipinski definition) is 2. The first kappa shape index (κ1) is 25.5. The van der Waals surface area contributed by atoms with Crippen LogP contribution >= 0.6 is 15.9 Å². The van der Waals surface area contributed by atoms with Gasteiger partial charge in [-0.15, -0.1) is 0 Å². The van der Waals surface area contributed by atoms with E-state index in [0.717, 1.165) is 16.9 Å². The van der Waals surface area contributed by atoms with Gasteiger partial charge in [-0.3, -0.25) is 9.20 Å². The minimum atomic E-state index is -1.05. The maximum Gasteiger partial charge on any atom is 0.407 e. The molecule has 1 aliphatic rings. The Hall–Kier alpha value is -3.54. The quantitative estimate of drug-likeness (QED) is 0.393. The van der Waals surface area contributed by atoms with Crippen LogP contribution in [0, 0.1) is 0 Å². The van der Waals surface area contributed by atoms with Crippen LogP contribution in [0.25, 0.3) is 5.52 Å². The molecule has 1 fully saturated rings. The molecule has 4 rings (SSSR count). The Bertz CT molecular complexity index is 1270. The van der Waals surface area contributed by atoms with E-state index >= 15 is 0 Å². The number of piperidine rings is 1. The Morgan fingerprint density at radius 2 is 2.06 bits per heavy atom. The molecule has 0 aliphatic carbocycles. The monoisotopic (exact) mass is 561 g/mol. The highest BCUT2D eigenvalue weighted by Gasteiger charge is 2.35. The van der Waals surface area contributed by atoms with Crippen LogP contribution in [0.4, 0.5) is 10.6 Å². The van der Waals surface area contributed by atoms with Gasteiger partial charge in [0.05, 0.1) is 20.3 Å². The number of nitrogens with zero attached hydrogens (tertiary/aromatic N) is 4. The molecule has 0 spiro atoms. The second-order valence-corrected chi connectivity index (χ2v) is 9.20. The summed E-state index contributed by atoms with van der Waals surface area (Å²) >= 11 is 3.56. The topological polar surface area (TPSA) is 128 Å². The van der Waals surface area contributed by atoms with E-state index in [1.165, 1.54) is 11.8 Å². The zero-order valence-electron chi connectivity index (χ0n) is 20.2. The number of carboxylic acid groups (broad SMARTS) is 1. The van der Waals surface area contributed by atoms with E-state index in [1.54, 1.807) is 20.4 Å². The van der Waals surface area contributed by atoms with Gasteiger partial charge in [0.15, 0.2) is 5.82 Å². The van der Waals surface area contributed by atoms with Gasteiger partial charge in [-0.2, -0.15) is 0 Å². The van der Waals surface area contributed by atoms with Crippen molar-refractivity contribution in [1.29, 1.82) is 0 Å². The van der Waals surface area contributed by atoms with Crippen LogP contribution < -0.4 is 14.8 Å². The maximum atomic E-state index is 11.9. The second kappa shape index (κ2) is 11.0. The number of nitrogens with one attached hydrogen (secondary N) is 1. The van der Waals surface area contributed by atoms with E-state index < -0.39 is 12.1 Å². The smallest absolute Gasteiger partial charge is 0.407 e. The number of ether oxygens (including phenoxy) is 3. The van der Waals surface area contributed by atoms with Crippen molar-refractivity contribution in [2.45, 2.75) is 38.3 Å². The number of rotatable bonds is 8. The summed E-state index contributed by atoms with van der Waals surface area (Å²) in [4.78, 5) is 33.7. The number of imidazole rings is 1. The summed E-state index contributed by atoms with van der Waals surface area (Å²) < 4.78 is 18.4. The summed E-state index contributed by atoms with van der Waals surface area (Å²) in [6, 6.07) is 5.24. The van der Waals surface area contributed by atoms with Gasteiger partial charge in [0.2, 0.25) is 0 Å². The fraction of sp³-hybridized carbons (Fsp3) is 0.417. The molecule has 12 heteroatoms. The van der Waals surface area contributed by atoms with E-state index in [1.807, 2.05) is 28.8 Å². The largest absolute Gasteiger partial charge is 0.497 e. The van der Waals surface area contributed by atoms with Crippen molar-refractivity contribution in [3.63, 3.8) is 0 Å². The lowest BCUT2D eigenvalue weighted by Crippen LogP contribution is -2.48.